The Balaban J connectivity index is 1.88. The highest BCUT2D eigenvalue weighted by Gasteiger charge is 2.08. The van der Waals surface area contributed by atoms with Gasteiger partial charge in [0.1, 0.15) is 0 Å². The van der Waals surface area contributed by atoms with E-state index in [0.717, 1.165) is 0 Å². The number of rotatable bonds is 4. The van der Waals surface area contributed by atoms with E-state index in [0.29, 0.717) is 29.4 Å². The molecule has 0 spiro atoms. The predicted molar refractivity (Wildman–Crippen MR) is 61.7 cm³/mol. The highest BCUT2D eigenvalue weighted by atomic mass is 35.5. The summed E-state index contributed by atoms with van der Waals surface area (Å²) in [6.45, 7) is 0.434. The molecule has 1 amide bonds. The second-order valence-electron chi connectivity index (χ2n) is 3.31. The molecule has 1 aromatic heterocycles. The highest BCUT2D eigenvalue weighted by molar-refractivity contribution is 6.33. The van der Waals surface area contributed by atoms with Gasteiger partial charge in [-0.3, -0.25) is 4.79 Å². The number of H-pyrrole nitrogens is 1. The Bertz CT molecular complexity index is 499. The van der Waals surface area contributed by atoms with E-state index in [9.17, 15) is 4.79 Å². The summed E-state index contributed by atoms with van der Waals surface area (Å²) < 4.78 is 0. The van der Waals surface area contributed by atoms with Crippen LogP contribution in [0.25, 0.3) is 0 Å². The lowest BCUT2D eigenvalue weighted by atomic mass is 10.2. The molecule has 0 aliphatic heterocycles. The molecule has 6 nitrogen and oxygen atoms in total. The van der Waals surface area contributed by atoms with Crippen LogP contribution in [-0.4, -0.2) is 33.1 Å². The summed E-state index contributed by atoms with van der Waals surface area (Å²) in [5.74, 6) is 0.351. The minimum absolute atomic E-state index is 0.209. The third-order valence-corrected chi connectivity index (χ3v) is 2.47. The number of halogens is 1. The van der Waals surface area contributed by atoms with Gasteiger partial charge in [-0.15, -0.1) is 10.2 Å². The Morgan fingerprint density at radius 3 is 2.94 bits per heavy atom. The number of nitrogens with one attached hydrogen (secondary N) is 2. The molecule has 0 bridgehead atoms. The van der Waals surface area contributed by atoms with E-state index in [2.05, 4.69) is 25.9 Å². The van der Waals surface area contributed by atoms with Crippen molar-refractivity contribution < 1.29 is 4.79 Å². The number of carbonyl (C=O) groups excluding carboxylic acids is 1. The van der Waals surface area contributed by atoms with Gasteiger partial charge in [0.15, 0.2) is 5.82 Å². The van der Waals surface area contributed by atoms with Gasteiger partial charge in [-0.1, -0.05) is 28.9 Å². The summed E-state index contributed by atoms with van der Waals surface area (Å²) in [6.07, 6.45) is 0.521. The molecule has 1 aromatic carbocycles. The van der Waals surface area contributed by atoms with Gasteiger partial charge in [0.05, 0.1) is 10.6 Å². The van der Waals surface area contributed by atoms with Gasteiger partial charge in [-0.2, -0.15) is 5.21 Å². The van der Waals surface area contributed by atoms with Gasteiger partial charge in [0.25, 0.3) is 5.91 Å². The van der Waals surface area contributed by atoms with Crippen molar-refractivity contribution in [2.24, 2.45) is 0 Å². The smallest absolute Gasteiger partial charge is 0.252 e. The fourth-order valence-corrected chi connectivity index (χ4v) is 1.54. The van der Waals surface area contributed by atoms with E-state index in [1.165, 1.54) is 0 Å². The van der Waals surface area contributed by atoms with E-state index in [4.69, 9.17) is 11.6 Å². The summed E-state index contributed by atoms with van der Waals surface area (Å²) in [7, 11) is 0. The minimum atomic E-state index is -0.209. The van der Waals surface area contributed by atoms with Crippen molar-refractivity contribution in [3.8, 4) is 0 Å². The van der Waals surface area contributed by atoms with Crippen LogP contribution >= 0.6 is 11.6 Å². The zero-order valence-corrected chi connectivity index (χ0v) is 9.61. The normalized spacial score (nSPS) is 10.2. The molecule has 0 radical (unpaired) electrons. The van der Waals surface area contributed by atoms with Gasteiger partial charge >= 0.3 is 0 Å². The molecule has 0 unspecified atom stereocenters. The summed E-state index contributed by atoms with van der Waals surface area (Å²) in [4.78, 5) is 11.7. The maximum Gasteiger partial charge on any atom is 0.252 e. The van der Waals surface area contributed by atoms with Gasteiger partial charge in [-0.25, -0.2) is 0 Å². The van der Waals surface area contributed by atoms with Crippen molar-refractivity contribution in [1.82, 2.24) is 25.9 Å². The first-order chi connectivity index (χ1) is 8.27. The molecule has 0 atom stereocenters. The number of amides is 1. The van der Waals surface area contributed by atoms with Crippen LogP contribution in [0, 0.1) is 0 Å². The summed E-state index contributed by atoms with van der Waals surface area (Å²) in [6, 6.07) is 6.89. The first-order valence-corrected chi connectivity index (χ1v) is 5.40. The zero-order chi connectivity index (χ0) is 12.1. The Morgan fingerprint density at radius 2 is 2.24 bits per heavy atom. The topological polar surface area (TPSA) is 83.6 Å². The number of hydrogen-bond acceptors (Lipinski definition) is 4. The molecule has 7 heteroatoms. The van der Waals surface area contributed by atoms with Crippen molar-refractivity contribution in [3.63, 3.8) is 0 Å². The zero-order valence-electron chi connectivity index (χ0n) is 8.85. The first kappa shape index (κ1) is 11.5. The molecule has 2 N–H and O–H groups in total. The minimum Gasteiger partial charge on any atom is -0.352 e. The largest absolute Gasteiger partial charge is 0.352 e. The number of tetrazole rings is 1. The molecule has 17 heavy (non-hydrogen) atoms. The molecule has 2 aromatic rings. The van der Waals surface area contributed by atoms with E-state index >= 15 is 0 Å². The van der Waals surface area contributed by atoms with Gasteiger partial charge in [0, 0.05) is 13.0 Å². The fourth-order valence-electron chi connectivity index (χ4n) is 1.32. The van der Waals surface area contributed by atoms with Crippen LogP contribution in [0.1, 0.15) is 16.2 Å². The number of nitrogens with zero attached hydrogens (tertiary/aromatic N) is 3. The van der Waals surface area contributed by atoms with E-state index < -0.39 is 0 Å². The number of aromatic nitrogens is 4. The molecule has 0 aliphatic carbocycles. The quantitative estimate of drug-likeness (QED) is 0.843. The molecule has 1 heterocycles. The van der Waals surface area contributed by atoms with Crippen LogP contribution in [0.3, 0.4) is 0 Å². The van der Waals surface area contributed by atoms with Crippen LogP contribution in [0.5, 0.6) is 0 Å². The van der Waals surface area contributed by atoms with Crippen molar-refractivity contribution in [1.29, 1.82) is 0 Å². The molecule has 88 valence electrons. The molecule has 0 saturated carbocycles. The average Bonchev–Trinajstić information content (AvgIpc) is 2.82. The van der Waals surface area contributed by atoms with Crippen molar-refractivity contribution in [2.45, 2.75) is 6.42 Å². The summed E-state index contributed by atoms with van der Waals surface area (Å²) in [5.41, 5.74) is 0.460. The predicted octanol–water partition coefficient (Wildman–Crippen LogP) is 0.826. The number of carbonyl (C=O) groups is 1. The maximum absolute atomic E-state index is 11.7. The molecule has 0 fully saturated rings. The van der Waals surface area contributed by atoms with Gasteiger partial charge < -0.3 is 5.32 Å². The highest BCUT2D eigenvalue weighted by Crippen LogP contribution is 2.14. The number of aromatic amines is 1. The first-order valence-electron chi connectivity index (χ1n) is 5.02. The van der Waals surface area contributed by atoms with Crippen molar-refractivity contribution >= 4 is 17.5 Å². The van der Waals surface area contributed by atoms with E-state index in [-0.39, 0.29) is 5.91 Å². The number of hydrogen-bond donors (Lipinski definition) is 2. The summed E-state index contributed by atoms with van der Waals surface area (Å²) >= 11 is 5.90. The van der Waals surface area contributed by atoms with Crippen LogP contribution in [-0.2, 0) is 6.42 Å². The Hall–Kier alpha value is -1.95. The Morgan fingerprint density at radius 1 is 1.41 bits per heavy atom. The monoisotopic (exact) mass is 251 g/mol. The summed E-state index contributed by atoms with van der Waals surface area (Å²) in [5, 5.41) is 16.5. The fraction of sp³-hybridized carbons (Fsp3) is 0.200. The molecular weight excluding hydrogens is 242 g/mol. The number of benzene rings is 1. The third-order valence-electron chi connectivity index (χ3n) is 2.14. The third kappa shape index (κ3) is 3.01. The van der Waals surface area contributed by atoms with Crippen LogP contribution in [0.2, 0.25) is 5.02 Å². The van der Waals surface area contributed by atoms with E-state index in [1.807, 2.05) is 0 Å². The van der Waals surface area contributed by atoms with Crippen molar-refractivity contribution in [2.75, 3.05) is 6.54 Å². The lowest BCUT2D eigenvalue weighted by Gasteiger charge is -2.04. The Kier molecular flexibility index (Phi) is 3.66. The van der Waals surface area contributed by atoms with Gasteiger partial charge in [-0.05, 0) is 12.1 Å². The van der Waals surface area contributed by atoms with E-state index in [1.54, 1.807) is 24.3 Å². The van der Waals surface area contributed by atoms with Gasteiger partial charge in [0.2, 0.25) is 0 Å². The molecule has 0 aliphatic rings. The molecular formula is C10H10ClN5O. The lowest BCUT2D eigenvalue weighted by Crippen LogP contribution is -2.26. The second kappa shape index (κ2) is 5.40. The maximum atomic E-state index is 11.7. The Labute approximate surface area is 102 Å². The van der Waals surface area contributed by atoms with Crippen LogP contribution in [0.15, 0.2) is 24.3 Å². The molecule has 2 rings (SSSR count). The van der Waals surface area contributed by atoms with Crippen LogP contribution in [0.4, 0.5) is 0 Å². The van der Waals surface area contributed by atoms with Crippen LogP contribution < -0.4 is 5.32 Å². The SMILES string of the molecule is O=C(NCCc1nn[nH]n1)c1ccccc1Cl. The standard InChI is InChI=1S/C10H10ClN5O/c11-8-4-2-1-3-7(8)10(17)12-6-5-9-13-15-16-14-9/h1-4H,5-6H2,(H,12,17)(H,13,14,15,16). The molecule has 0 saturated heterocycles. The second-order valence-corrected chi connectivity index (χ2v) is 3.72. The average molecular weight is 252 g/mol. The van der Waals surface area contributed by atoms with Crippen molar-refractivity contribution in [3.05, 3.63) is 40.7 Å². The lowest BCUT2D eigenvalue weighted by molar-refractivity contribution is 0.0954.